The number of sulfonamides is 1. The van der Waals surface area contributed by atoms with Crippen molar-refractivity contribution in [3.63, 3.8) is 0 Å². The van der Waals surface area contributed by atoms with Crippen molar-refractivity contribution in [2.45, 2.75) is 31.3 Å². The summed E-state index contributed by atoms with van der Waals surface area (Å²) in [7, 11) is -3.94. The summed E-state index contributed by atoms with van der Waals surface area (Å²) in [6.07, 6.45) is 3.45. The van der Waals surface area contributed by atoms with Crippen LogP contribution in [0.15, 0.2) is 53.7 Å². The number of benzene rings is 1. The number of fused-ring (bicyclic) bond motifs is 1. The fraction of sp³-hybridized carbons (Fsp3) is 0.250. The summed E-state index contributed by atoms with van der Waals surface area (Å²) in [5.41, 5.74) is 1.22. The first kappa shape index (κ1) is 21.2. The Morgan fingerprint density at radius 3 is 2.48 bits per heavy atom. The monoisotopic (exact) mass is 460 g/mol. The zero-order chi connectivity index (χ0) is 22.3. The number of hydrogen-bond donors (Lipinski definition) is 2. The van der Waals surface area contributed by atoms with Gasteiger partial charge in [-0.05, 0) is 42.3 Å². The molecule has 11 heteroatoms. The Hall–Kier alpha value is -3.02. The van der Waals surface area contributed by atoms with E-state index in [4.69, 9.17) is 0 Å². The van der Waals surface area contributed by atoms with Crippen LogP contribution in [0.3, 0.4) is 0 Å². The highest BCUT2D eigenvalue weighted by Gasteiger charge is 2.44. The second-order valence-electron chi connectivity index (χ2n) is 7.43. The largest absolute Gasteiger partial charge is 0.480 e. The first-order chi connectivity index (χ1) is 14.7. The van der Waals surface area contributed by atoms with Gasteiger partial charge in [-0.25, -0.2) is 13.1 Å². The highest BCUT2D eigenvalue weighted by Crippen LogP contribution is 2.41. The normalized spacial score (nSPS) is 16.2. The van der Waals surface area contributed by atoms with Crippen molar-refractivity contribution in [2.75, 3.05) is 5.32 Å². The standard InChI is InChI=1S/C20H20N4O5S2/c1-12(2)18(20(26)27)24-11-15-16(31(24,28)29)10-17(30-15)22-19(25)13-4-6-14(7-5-13)23-9-3-8-21-23/h3-10,12,18H,11H2,1-2H3,(H,22,25)(H,26,27)/t18-/m1/s1. The fourth-order valence-electron chi connectivity index (χ4n) is 3.51. The van der Waals surface area contributed by atoms with Crippen LogP contribution >= 0.6 is 11.3 Å². The lowest BCUT2D eigenvalue weighted by Gasteiger charge is -2.25. The zero-order valence-electron chi connectivity index (χ0n) is 16.7. The van der Waals surface area contributed by atoms with Crippen molar-refractivity contribution in [3.05, 3.63) is 59.2 Å². The molecular formula is C20H20N4O5S2. The van der Waals surface area contributed by atoms with Crippen molar-refractivity contribution < 1.29 is 23.1 Å². The third-order valence-electron chi connectivity index (χ3n) is 4.99. The predicted molar refractivity (Wildman–Crippen MR) is 115 cm³/mol. The lowest BCUT2D eigenvalue weighted by molar-refractivity contribution is -0.143. The zero-order valence-corrected chi connectivity index (χ0v) is 18.4. The number of aliphatic carboxylic acids is 1. The Morgan fingerprint density at radius 2 is 1.94 bits per heavy atom. The van der Waals surface area contributed by atoms with E-state index in [0.717, 1.165) is 21.3 Å². The Kier molecular flexibility index (Phi) is 5.42. The number of carbonyl (C=O) groups is 2. The molecule has 1 amide bonds. The van der Waals surface area contributed by atoms with E-state index in [0.29, 0.717) is 15.4 Å². The van der Waals surface area contributed by atoms with Crippen LogP contribution in [0, 0.1) is 5.92 Å². The molecule has 2 aromatic heterocycles. The minimum atomic E-state index is -3.94. The molecule has 3 aromatic rings. The number of anilines is 1. The lowest BCUT2D eigenvalue weighted by Crippen LogP contribution is -2.44. The van der Waals surface area contributed by atoms with Gasteiger partial charge >= 0.3 is 5.97 Å². The smallest absolute Gasteiger partial charge is 0.322 e. The van der Waals surface area contributed by atoms with Crippen LogP contribution in [-0.2, 0) is 21.4 Å². The number of thiophene rings is 1. The number of carboxylic acid groups (broad SMARTS) is 1. The van der Waals surface area contributed by atoms with Crippen LogP contribution in [0.25, 0.3) is 5.69 Å². The number of carbonyl (C=O) groups excluding carboxylic acids is 1. The van der Waals surface area contributed by atoms with Gasteiger partial charge in [0.1, 0.15) is 6.04 Å². The Morgan fingerprint density at radius 1 is 1.23 bits per heavy atom. The molecule has 1 aromatic carbocycles. The van der Waals surface area contributed by atoms with Crippen molar-refractivity contribution in [1.29, 1.82) is 0 Å². The minimum absolute atomic E-state index is 0.0219. The van der Waals surface area contributed by atoms with Crippen LogP contribution in [0.2, 0.25) is 0 Å². The first-order valence-electron chi connectivity index (χ1n) is 9.47. The summed E-state index contributed by atoms with van der Waals surface area (Å²) in [6.45, 7) is 3.32. The maximum atomic E-state index is 12.9. The van der Waals surface area contributed by atoms with Crippen LogP contribution in [0.5, 0.6) is 0 Å². The molecule has 0 unspecified atom stereocenters. The number of aromatic nitrogens is 2. The average Bonchev–Trinajstić information content (AvgIpc) is 3.41. The Labute approximate surface area is 183 Å². The van der Waals surface area contributed by atoms with Crippen LogP contribution in [-0.4, -0.2) is 45.5 Å². The molecule has 1 aliphatic rings. The molecule has 2 N–H and O–H groups in total. The first-order valence-corrected chi connectivity index (χ1v) is 11.7. The van der Waals surface area contributed by atoms with E-state index >= 15 is 0 Å². The molecule has 0 bridgehead atoms. The van der Waals surface area contributed by atoms with Gasteiger partial charge in [0.2, 0.25) is 10.0 Å². The molecule has 0 aliphatic carbocycles. The Bertz CT molecular complexity index is 1230. The maximum absolute atomic E-state index is 12.9. The van der Waals surface area contributed by atoms with Crippen molar-refractivity contribution in [2.24, 2.45) is 5.92 Å². The molecule has 0 saturated heterocycles. The molecule has 31 heavy (non-hydrogen) atoms. The van der Waals surface area contributed by atoms with Crippen LogP contribution in [0.1, 0.15) is 29.1 Å². The quantitative estimate of drug-likeness (QED) is 0.583. The Balaban J connectivity index is 1.51. The molecule has 0 fully saturated rings. The van der Waals surface area contributed by atoms with Gasteiger partial charge in [0, 0.05) is 22.8 Å². The second kappa shape index (κ2) is 7.91. The molecule has 162 valence electrons. The van der Waals surface area contributed by atoms with E-state index in [1.54, 1.807) is 61.3 Å². The van der Waals surface area contributed by atoms with Gasteiger partial charge in [-0.2, -0.15) is 9.40 Å². The molecule has 0 saturated carbocycles. The van der Waals surface area contributed by atoms with E-state index in [1.807, 2.05) is 0 Å². The summed E-state index contributed by atoms with van der Waals surface area (Å²) in [4.78, 5) is 24.7. The topological polar surface area (TPSA) is 122 Å². The molecule has 3 heterocycles. The molecule has 9 nitrogen and oxygen atoms in total. The molecule has 0 radical (unpaired) electrons. The third kappa shape index (κ3) is 3.87. The van der Waals surface area contributed by atoms with E-state index in [1.165, 1.54) is 6.07 Å². The second-order valence-corrected chi connectivity index (χ2v) is 10.4. The molecule has 0 spiro atoms. The van der Waals surface area contributed by atoms with Crippen molar-refractivity contribution in [3.8, 4) is 5.69 Å². The summed E-state index contributed by atoms with van der Waals surface area (Å²) < 4.78 is 28.5. The molecule has 1 atom stereocenters. The van der Waals surface area contributed by atoms with Gasteiger partial charge in [-0.1, -0.05) is 13.8 Å². The number of hydrogen-bond acceptors (Lipinski definition) is 6. The van der Waals surface area contributed by atoms with Gasteiger partial charge in [-0.3, -0.25) is 9.59 Å². The number of rotatable bonds is 6. The van der Waals surface area contributed by atoms with Gasteiger partial charge in [-0.15, -0.1) is 11.3 Å². The number of amides is 1. The van der Waals surface area contributed by atoms with E-state index < -0.39 is 22.0 Å². The van der Waals surface area contributed by atoms with E-state index in [9.17, 15) is 23.1 Å². The van der Waals surface area contributed by atoms with E-state index in [2.05, 4.69) is 10.4 Å². The van der Waals surface area contributed by atoms with Gasteiger partial charge in [0.05, 0.1) is 22.1 Å². The number of carboxylic acids is 1. The highest BCUT2D eigenvalue weighted by molar-refractivity contribution is 7.89. The summed E-state index contributed by atoms with van der Waals surface area (Å²) >= 11 is 1.13. The average molecular weight is 461 g/mol. The van der Waals surface area contributed by atoms with Crippen LogP contribution < -0.4 is 5.32 Å². The van der Waals surface area contributed by atoms with Crippen molar-refractivity contribution >= 4 is 38.2 Å². The molecule has 1 aliphatic heterocycles. The summed E-state index contributed by atoms with van der Waals surface area (Å²) in [5, 5.41) is 16.7. The van der Waals surface area contributed by atoms with E-state index in [-0.39, 0.29) is 23.3 Å². The molecular weight excluding hydrogens is 440 g/mol. The number of nitrogens with one attached hydrogen (secondary N) is 1. The van der Waals surface area contributed by atoms with Gasteiger partial charge in [0.15, 0.2) is 0 Å². The van der Waals surface area contributed by atoms with Crippen molar-refractivity contribution in [1.82, 2.24) is 14.1 Å². The third-order valence-corrected chi connectivity index (χ3v) is 8.04. The SMILES string of the molecule is CC(C)[C@H](C(=O)O)N1Cc2sc(NC(=O)c3ccc(-n4cccn4)cc3)cc2S1(=O)=O. The minimum Gasteiger partial charge on any atom is -0.480 e. The predicted octanol–water partition coefficient (Wildman–Crippen LogP) is 2.80. The van der Waals surface area contributed by atoms with Gasteiger partial charge in [0.25, 0.3) is 5.91 Å². The highest BCUT2D eigenvalue weighted by atomic mass is 32.2. The summed E-state index contributed by atoms with van der Waals surface area (Å²) in [5.74, 6) is -1.93. The lowest BCUT2D eigenvalue weighted by atomic mass is 10.1. The van der Waals surface area contributed by atoms with Gasteiger partial charge < -0.3 is 10.4 Å². The number of nitrogens with zero attached hydrogens (tertiary/aromatic N) is 3. The maximum Gasteiger partial charge on any atom is 0.322 e. The fourth-order valence-corrected chi connectivity index (χ4v) is 6.86. The van der Waals surface area contributed by atoms with Crippen LogP contribution in [0.4, 0.5) is 5.00 Å². The molecule has 4 rings (SSSR count). The summed E-state index contributed by atoms with van der Waals surface area (Å²) in [6, 6.07) is 8.89.